The molecule has 2 aliphatic heterocycles. The number of fused-ring (bicyclic) bond motifs is 3. The third-order valence-electron chi connectivity index (χ3n) is 6.48. The molecular weight excluding hydrogens is 480 g/mol. The lowest BCUT2D eigenvalue weighted by atomic mass is 10.0. The van der Waals surface area contributed by atoms with Crippen molar-refractivity contribution < 1.29 is 4.79 Å². The van der Waals surface area contributed by atoms with Crippen LogP contribution < -0.4 is 5.32 Å². The number of hydrogen-bond donors (Lipinski definition) is 1. The van der Waals surface area contributed by atoms with Crippen LogP contribution in [0.15, 0.2) is 46.9 Å². The van der Waals surface area contributed by atoms with E-state index in [0.29, 0.717) is 6.54 Å². The van der Waals surface area contributed by atoms with Gasteiger partial charge in [-0.1, -0.05) is 28.1 Å². The standard InChI is InChI=1S/C25H29BrN6O/c1-18-28-29-24-10-5-20-15-22(8-9-23(20)32(18)24)27-25(33)17-31-12-2-11-30(13-14-31)16-19-3-6-21(26)7-4-19/h3-4,6-9,15H,2,5,10-14,16-17H2,1H3,(H,27,33). The number of rotatable bonds is 5. The van der Waals surface area contributed by atoms with Crippen molar-refractivity contribution in [3.63, 3.8) is 0 Å². The number of amides is 1. The number of aryl methyl sites for hydroxylation is 3. The summed E-state index contributed by atoms with van der Waals surface area (Å²) in [7, 11) is 0. The van der Waals surface area contributed by atoms with E-state index in [1.807, 2.05) is 13.0 Å². The summed E-state index contributed by atoms with van der Waals surface area (Å²) in [6, 6.07) is 14.7. The SMILES string of the molecule is Cc1nnc2n1-c1ccc(NC(=O)CN3CCCN(Cc4ccc(Br)cc4)CC3)cc1CC2. The Balaban J connectivity index is 1.15. The minimum absolute atomic E-state index is 0.0493. The lowest BCUT2D eigenvalue weighted by Crippen LogP contribution is -2.36. The van der Waals surface area contributed by atoms with Gasteiger partial charge in [0, 0.05) is 36.2 Å². The molecule has 3 heterocycles. The first-order valence-electron chi connectivity index (χ1n) is 11.6. The maximum absolute atomic E-state index is 12.8. The highest BCUT2D eigenvalue weighted by Gasteiger charge is 2.21. The van der Waals surface area contributed by atoms with Gasteiger partial charge in [-0.25, -0.2) is 0 Å². The van der Waals surface area contributed by atoms with E-state index >= 15 is 0 Å². The molecule has 0 bridgehead atoms. The number of nitrogens with one attached hydrogen (secondary N) is 1. The number of carbonyl (C=O) groups is 1. The predicted octanol–water partition coefficient (Wildman–Crippen LogP) is 3.58. The van der Waals surface area contributed by atoms with E-state index in [1.54, 1.807) is 0 Å². The first kappa shape index (κ1) is 22.3. The second kappa shape index (κ2) is 9.75. The van der Waals surface area contributed by atoms with Gasteiger partial charge in [0.2, 0.25) is 5.91 Å². The fourth-order valence-electron chi connectivity index (χ4n) is 4.80. The van der Waals surface area contributed by atoms with Gasteiger partial charge >= 0.3 is 0 Å². The molecule has 1 saturated heterocycles. The van der Waals surface area contributed by atoms with Crippen molar-refractivity contribution in [3.05, 3.63) is 69.7 Å². The van der Waals surface area contributed by atoms with Gasteiger partial charge in [-0.3, -0.25) is 19.2 Å². The summed E-state index contributed by atoms with van der Waals surface area (Å²) in [6.07, 6.45) is 2.86. The minimum atomic E-state index is 0.0493. The average molecular weight is 509 g/mol. The maximum atomic E-state index is 12.8. The Hall–Kier alpha value is -2.55. The summed E-state index contributed by atoms with van der Waals surface area (Å²) in [4.78, 5) is 17.5. The molecule has 172 valence electrons. The second-order valence-corrected chi connectivity index (χ2v) is 9.84. The molecular formula is C25H29BrN6O. The fourth-order valence-corrected chi connectivity index (χ4v) is 5.07. The largest absolute Gasteiger partial charge is 0.325 e. The van der Waals surface area contributed by atoms with E-state index in [0.717, 1.165) is 79.5 Å². The molecule has 0 radical (unpaired) electrons. The van der Waals surface area contributed by atoms with Crippen LogP contribution in [0.3, 0.4) is 0 Å². The predicted molar refractivity (Wildman–Crippen MR) is 133 cm³/mol. The van der Waals surface area contributed by atoms with Crippen molar-refractivity contribution in [1.29, 1.82) is 0 Å². The van der Waals surface area contributed by atoms with Gasteiger partial charge in [-0.15, -0.1) is 10.2 Å². The lowest BCUT2D eigenvalue weighted by Gasteiger charge is -2.22. The Morgan fingerprint density at radius 3 is 2.64 bits per heavy atom. The summed E-state index contributed by atoms with van der Waals surface area (Å²) >= 11 is 3.50. The molecule has 7 nitrogen and oxygen atoms in total. The first-order chi connectivity index (χ1) is 16.0. The van der Waals surface area contributed by atoms with Crippen LogP contribution in [0.4, 0.5) is 5.69 Å². The molecule has 2 aliphatic rings. The molecule has 1 fully saturated rings. The smallest absolute Gasteiger partial charge is 0.238 e. The second-order valence-electron chi connectivity index (χ2n) is 8.92. The van der Waals surface area contributed by atoms with Crippen LogP contribution in [0.25, 0.3) is 5.69 Å². The topological polar surface area (TPSA) is 66.3 Å². The molecule has 1 aromatic heterocycles. The number of nitrogens with zero attached hydrogens (tertiary/aromatic N) is 5. The van der Waals surface area contributed by atoms with Crippen molar-refractivity contribution in [2.45, 2.75) is 32.7 Å². The number of aromatic nitrogens is 3. The lowest BCUT2D eigenvalue weighted by molar-refractivity contribution is -0.117. The summed E-state index contributed by atoms with van der Waals surface area (Å²) in [5, 5.41) is 11.6. The van der Waals surface area contributed by atoms with Crippen LogP contribution in [0.5, 0.6) is 0 Å². The van der Waals surface area contributed by atoms with Crippen LogP contribution in [-0.2, 0) is 24.2 Å². The highest BCUT2D eigenvalue weighted by Crippen LogP contribution is 2.27. The third-order valence-corrected chi connectivity index (χ3v) is 7.01. The Bertz CT molecular complexity index is 1140. The maximum Gasteiger partial charge on any atom is 0.238 e. The van der Waals surface area contributed by atoms with Crippen molar-refractivity contribution in [3.8, 4) is 5.69 Å². The van der Waals surface area contributed by atoms with Crippen molar-refractivity contribution in [1.82, 2.24) is 24.6 Å². The molecule has 3 aromatic rings. The van der Waals surface area contributed by atoms with Crippen LogP contribution in [0, 0.1) is 6.92 Å². The Kier molecular flexibility index (Phi) is 6.57. The Morgan fingerprint density at radius 2 is 1.79 bits per heavy atom. The quantitative estimate of drug-likeness (QED) is 0.570. The number of anilines is 1. The first-order valence-corrected chi connectivity index (χ1v) is 12.4. The zero-order chi connectivity index (χ0) is 22.8. The fraction of sp³-hybridized carbons (Fsp3) is 0.400. The number of hydrogen-bond acceptors (Lipinski definition) is 5. The van der Waals surface area contributed by atoms with E-state index in [-0.39, 0.29) is 5.91 Å². The van der Waals surface area contributed by atoms with Crippen LogP contribution in [-0.4, -0.2) is 63.2 Å². The van der Waals surface area contributed by atoms with E-state index in [9.17, 15) is 4.79 Å². The summed E-state index contributed by atoms with van der Waals surface area (Å²) in [5.41, 5.74) is 4.53. The molecule has 33 heavy (non-hydrogen) atoms. The number of carbonyl (C=O) groups excluding carboxylic acids is 1. The molecule has 8 heteroatoms. The molecule has 0 saturated carbocycles. The number of benzene rings is 2. The molecule has 5 rings (SSSR count). The zero-order valence-corrected chi connectivity index (χ0v) is 20.5. The number of halogens is 1. The summed E-state index contributed by atoms with van der Waals surface area (Å²) in [5.74, 6) is 1.96. The molecule has 2 aromatic carbocycles. The van der Waals surface area contributed by atoms with E-state index in [1.165, 1.54) is 11.1 Å². The highest BCUT2D eigenvalue weighted by atomic mass is 79.9. The average Bonchev–Trinajstić information content (AvgIpc) is 3.05. The summed E-state index contributed by atoms with van der Waals surface area (Å²) in [6.45, 7) is 7.25. The Labute approximate surface area is 202 Å². The van der Waals surface area contributed by atoms with E-state index < -0.39 is 0 Å². The Morgan fingerprint density at radius 1 is 1.00 bits per heavy atom. The van der Waals surface area contributed by atoms with Gasteiger partial charge in [-0.2, -0.15) is 0 Å². The van der Waals surface area contributed by atoms with Gasteiger partial charge in [0.25, 0.3) is 0 Å². The van der Waals surface area contributed by atoms with Crippen LogP contribution in [0.2, 0.25) is 0 Å². The van der Waals surface area contributed by atoms with E-state index in [4.69, 9.17) is 0 Å². The van der Waals surface area contributed by atoms with Crippen molar-refractivity contribution in [2.75, 3.05) is 38.0 Å². The van der Waals surface area contributed by atoms with Crippen molar-refractivity contribution >= 4 is 27.5 Å². The molecule has 0 unspecified atom stereocenters. The summed E-state index contributed by atoms with van der Waals surface area (Å²) < 4.78 is 3.22. The zero-order valence-electron chi connectivity index (χ0n) is 18.9. The normalized spacial score (nSPS) is 16.7. The van der Waals surface area contributed by atoms with Crippen LogP contribution >= 0.6 is 15.9 Å². The highest BCUT2D eigenvalue weighted by molar-refractivity contribution is 9.10. The molecule has 1 amide bonds. The van der Waals surface area contributed by atoms with Gasteiger partial charge in [0.05, 0.1) is 12.2 Å². The molecule has 0 spiro atoms. The molecule has 0 atom stereocenters. The molecule has 1 N–H and O–H groups in total. The third kappa shape index (κ3) is 5.18. The van der Waals surface area contributed by atoms with Gasteiger partial charge < -0.3 is 5.32 Å². The minimum Gasteiger partial charge on any atom is -0.325 e. The van der Waals surface area contributed by atoms with E-state index in [2.05, 4.69) is 82.2 Å². The van der Waals surface area contributed by atoms with Gasteiger partial charge in [0.15, 0.2) is 0 Å². The van der Waals surface area contributed by atoms with Gasteiger partial charge in [-0.05, 0) is 74.3 Å². The molecule has 0 aliphatic carbocycles. The van der Waals surface area contributed by atoms with Crippen molar-refractivity contribution in [2.24, 2.45) is 0 Å². The van der Waals surface area contributed by atoms with Gasteiger partial charge in [0.1, 0.15) is 11.6 Å². The monoisotopic (exact) mass is 508 g/mol. The van der Waals surface area contributed by atoms with Crippen LogP contribution in [0.1, 0.15) is 29.2 Å².